The van der Waals surface area contributed by atoms with Crippen molar-refractivity contribution in [2.45, 2.75) is 19.4 Å². The summed E-state index contributed by atoms with van der Waals surface area (Å²) in [6.07, 6.45) is 1.33. The Morgan fingerprint density at radius 2 is 2.12 bits per heavy atom. The first-order valence-electron chi connectivity index (χ1n) is 8.26. The van der Waals surface area contributed by atoms with Crippen LogP contribution >= 0.6 is 22.7 Å². The Labute approximate surface area is 158 Å². The largest absolute Gasteiger partial charge is 0.455 e. The molecule has 1 fully saturated rings. The zero-order chi connectivity index (χ0) is 17.9. The summed E-state index contributed by atoms with van der Waals surface area (Å²) in [5.74, 6) is -0.393. The minimum atomic E-state index is -0.439. The first-order chi connectivity index (χ1) is 12.7. The summed E-state index contributed by atoms with van der Waals surface area (Å²) in [5, 5.41) is 6.86. The van der Waals surface area contributed by atoms with E-state index >= 15 is 0 Å². The number of para-hydroxylation sites is 1. The average molecular weight is 384 g/mol. The minimum absolute atomic E-state index is 0.0464. The molecule has 3 heterocycles. The van der Waals surface area contributed by atoms with Crippen molar-refractivity contribution in [2.75, 3.05) is 11.4 Å². The van der Waals surface area contributed by atoms with Gasteiger partial charge in [-0.3, -0.25) is 4.79 Å². The van der Waals surface area contributed by atoms with Crippen molar-refractivity contribution in [3.8, 4) is 10.6 Å². The van der Waals surface area contributed by atoms with E-state index in [1.54, 1.807) is 34.4 Å². The monoisotopic (exact) mass is 384 g/mol. The maximum atomic E-state index is 12.6. The molecule has 1 aromatic carbocycles. The van der Waals surface area contributed by atoms with Crippen LogP contribution in [-0.4, -0.2) is 23.4 Å². The molecule has 0 bridgehead atoms. The summed E-state index contributed by atoms with van der Waals surface area (Å²) in [5.41, 5.74) is 2.84. The lowest BCUT2D eigenvalue weighted by molar-refractivity contribution is -0.117. The lowest BCUT2D eigenvalue weighted by atomic mass is 10.1. The predicted octanol–water partition coefficient (Wildman–Crippen LogP) is 4.36. The van der Waals surface area contributed by atoms with Crippen LogP contribution in [-0.2, 0) is 16.1 Å². The standard InChI is InChI=1S/C19H16N2O3S2/c22-17-6-3-8-21(17)16-5-2-1-4-15(16)19(23)24-10-14-12-26-18(20-14)13-7-9-25-11-13/h1-2,4-5,7,9,11-12H,3,6,8,10H2. The summed E-state index contributed by atoms with van der Waals surface area (Å²) >= 11 is 3.15. The number of thiophene rings is 1. The number of ether oxygens (including phenoxy) is 1. The molecule has 0 spiro atoms. The molecular formula is C19H16N2O3S2. The number of rotatable bonds is 5. The van der Waals surface area contributed by atoms with Crippen LogP contribution in [0, 0.1) is 0 Å². The first-order valence-corrected chi connectivity index (χ1v) is 10.1. The van der Waals surface area contributed by atoms with Crippen LogP contribution in [0.1, 0.15) is 28.9 Å². The van der Waals surface area contributed by atoms with E-state index in [9.17, 15) is 9.59 Å². The first kappa shape index (κ1) is 16.9. The van der Waals surface area contributed by atoms with E-state index in [2.05, 4.69) is 4.98 Å². The molecule has 2 aromatic heterocycles. The van der Waals surface area contributed by atoms with E-state index < -0.39 is 5.97 Å². The maximum absolute atomic E-state index is 12.6. The fraction of sp³-hybridized carbons (Fsp3) is 0.211. The number of esters is 1. The number of carbonyl (C=O) groups excluding carboxylic acids is 2. The molecule has 1 amide bonds. The van der Waals surface area contributed by atoms with Crippen molar-refractivity contribution in [3.05, 3.63) is 57.7 Å². The molecule has 1 saturated heterocycles. The van der Waals surface area contributed by atoms with Crippen LogP contribution in [0.2, 0.25) is 0 Å². The number of benzene rings is 1. The Bertz CT molecular complexity index is 934. The fourth-order valence-corrected chi connectivity index (χ4v) is 4.41. The van der Waals surface area contributed by atoms with E-state index in [1.807, 2.05) is 28.3 Å². The average Bonchev–Trinajstić information content (AvgIpc) is 3.41. The van der Waals surface area contributed by atoms with Crippen LogP contribution in [0.3, 0.4) is 0 Å². The second kappa shape index (κ2) is 7.39. The summed E-state index contributed by atoms with van der Waals surface area (Å²) in [7, 11) is 0. The summed E-state index contributed by atoms with van der Waals surface area (Å²) in [6.45, 7) is 0.751. The Balaban J connectivity index is 1.47. The van der Waals surface area contributed by atoms with Crippen molar-refractivity contribution >= 4 is 40.2 Å². The highest BCUT2D eigenvalue weighted by atomic mass is 32.1. The molecule has 0 aliphatic carbocycles. The van der Waals surface area contributed by atoms with Crippen LogP contribution in [0.15, 0.2) is 46.5 Å². The number of anilines is 1. The third-order valence-corrected chi connectivity index (χ3v) is 5.78. The third-order valence-electron chi connectivity index (χ3n) is 4.16. The van der Waals surface area contributed by atoms with Gasteiger partial charge >= 0.3 is 5.97 Å². The molecular weight excluding hydrogens is 368 g/mol. The summed E-state index contributed by atoms with van der Waals surface area (Å²) in [4.78, 5) is 30.7. The number of hydrogen-bond acceptors (Lipinski definition) is 6. The second-order valence-corrected chi connectivity index (χ2v) is 7.54. The topological polar surface area (TPSA) is 59.5 Å². The maximum Gasteiger partial charge on any atom is 0.340 e. The van der Waals surface area contributed by atoms with Crippen LogP contribution < -0.4 is 4.90 Å². The van der Waals surface area contributed by atoms with Gasteiger partial charge in [-0.1, -0.05) is 12.1 Å². The Hall–Kier alpha value is -2.51. The molecule has 0 radical (unpaired) electrons. The Morgan fingerprint density at radius 3 is 2.88 bits per heavy atom. The van der Waals surface area contributed by atoms with E-state index in [1.165, 1.54) is 11.3 Å². The van der Waals surface area contributed by atoms with Gasteiger partial charge in [-0.2, -0.15) is 11.3 Å². The van der Waals surface area contributed by atoms with Crippen molar-refractivity contribution in [1.82, 2.24) is 4.98 Å². The number of aromatic nitrogens is 1. The number of nitrogens with zero attached hydrogens (tertiary/aromatic N) is 2. The van der Waals surface area contributed by atoms with E-state index in [-0.39, 0.29) is 12.5 Å². The Kier molecular flexibility index (Phi) is 4.81. The van der Waals surface area contributed by atoms with E-state index in [4.69, 9.17) is 4.74 Å². The van der Waals surface area contributed by atoms with E-state index in [0.717, 1.165) is 22.7 Å². The van der Waals surface area contributed by atoms with Crippen molar-refractivity contribution in [2.24, 2.45) is 0 Å². The second-order valence-electron chi connectivity index (χ2n) is 5.90. The molecule has 0 atom stereocenters. The van der Waals surface area contributed by atoms with Crippen molar-refractivity contribution < 1.29 is 14.3 Å². The van der Waals surface area contributed by atoms with Gasteiger partial charge in [0.2, 0.25) is 5.91 Å². The third kappa shape index (κ3) is 3.40. The molecule has 4 rings (SSSR count). The molecule has 0 unspecified atom stereocenters. The lowest BCUT2D eigenvalue weighted by Gasteiger charge is -2.18. The van der Waals surface area contributed by atoms with Gasteiger partial charge in [0.1, 0.15) is 11.6 Å². The molecule has 132 valence electrons. The smallest absolute Gasteiger partial charge is 0.340 e. The van der Waals surface area contributed by atoms with Gasteiger partial charge < -0.3 is 9.64 Å². The van der Waals surface area contributed by atoms with Gasteiger partial charge in [-0.15, -0.1) is 11.3 Å². The Morgan fingerprint density at radius 1 is 1.23 bits per heavy atom. The molecule has 1 aliphatic rings. The highest BCUT2D eigenvalue weighted by molar-refractivity contribution is 7.14. The predicted molar refractivity (Wildman–Crippen MR) is 103 cm³/mol. The highest BCUT2D eigenvalue weighted by Crippen LogP contribution is 2.28. The van der Waals surface area contributed by atoms with Crippen LogP contribution in [0.25, 0.3) is 10.6 Å². The zero-order valence-electron chi connectivity index (χ0n) is 13.9. The van der Waals surface area contributed by atoms with Crippen molar-refractivity contribution in [1.29, 1.82) is 0 Å². The molecule has 5 nitrogen and oxygen atoms in total. The molecule has 26 heavy (non-hydrogen) atoms. The lowest BCUT2D eigenvalue weighted by Crippen LogP contribution is -2.26. The molecule has 1 aliphatic heterocycles. The number of thiazole rings is 1. The minimum Gasteiger partial charge on any atom is -0.455 e. The summed E-state index contributed by atoms with van der Waals surface area (Å²) in [6, 6.07) is 9.10. The van der Waals surface area contributed by atoms with Gasteiger partial charge in [-0.05, 0) is 30.0 Å². The number of hydrogen-bond donors (Lipinski definition) is 0. The van der Waals surface area contributed by atoms with Crippen LogP contribution in [0.4, 0.5) is 5.69 Å². The van der Waals surface area contributed by atoms with E-state index in [0.29, 0.717) is 24.2 Å². The molecule has 7 heteroatoms. The summed E-state index contributed by atoms with van der Waals surface area (Å²) < 4.78 is 5.45. The molecule has 0 saturated carbocycles. The van der Waals surface area contributed by atoms with Gasteiger partial charge in [0.15, 0.2) is 0 Å². The van der Waals surface area contributed by atoms with Crippen LogP contribution in [0.5, 0.6) is 0 Å². The molecule has 0 N–H and O–H groups in total. The van der Waals surface area contributed by atoms with Gasteiger partial charge in [0.25, 0.3) is 0 Å². The SMILES string of the molecule is O=C(OCc1csc(-c2ccsc2)n1)c1ccccc1N1CCCC1=O. The highest BCUT2D eigenvalue weighted by Gasteiger charge is 2.26. The van der Waals surface area contributed by atoms with Gasteiger partial charge in [-0.25, -0.2) is 9.78 Å². The zero-order valence-corrected chi connectivity index (χ0v) is 15.5. The fourth-order valence-electron chi connectivity index (χ4n) is 2.89. The number of amides is 1. The van der Waals surface area contributed by atoms with Gasteiger partial charge in [0, 0.05) is 29.3 Å². The quantitative estimate of drug-likeness (QED) is 0.614. The van der Waals surface area contributed by atoms with Gasteiger partial charge in [0.05, 0.1) is 16.9 Å². The van der Waals surface area contributed by atoms with Crippen molar-refractivity contribution in [3.63, 3.8) is 0 Å². The number of carbonyl (C=O) groups is 2. The molecule has 3 aromatic rings. The normalized spacial score (nSPS) is 14.0.